The second-order valence-corrected chi connectivity index (χ2v) is 28.7. The molecule has 496 valence electrons. The monoisotopic (exact) mass is 1320 g/mol. The smallest absolute Gasteiger partial charge is 0.161 e. The summed E-state index contributed by atoms with van der Waals surface area (Å²) in [7, 11) is 0. The molecular weight excluding hydrogens is 1240 g/mol. The van der Waals surface area contributed by atoms with E-state index in [9.17, 15) is 0 Å². The van der Waals surface area contributed by atoms with Gasteiger partial charge in [-0.25, -0.2) is 19.9 Å². The largest absolute Gasteiger partial charge is 0.309 e. The van der Waals surface area contributed by atoms with Crippen molar-refractivity contribution in [2.45, 2.75) is 96.9 Å². The first-order valence-electron chi connectivity index (χ1n) is 35.5. The average Bonchev–Trinajstić information content (AvgIpc) is 1.61. The van der Waals surface area contributed by atoms with Crippen LogP contribution in [0.4, 0.5) is 0 Å². The molecule has 6 heterocycles. The molecule has 18 aromatic rings. The van der Waals surface area contributed by atoms with Gasteiger partial charge in [0.15, 0.2) is 5.82 Å². The molecular formula is C94H80N8. The first kappa shape index (κ1) is 63.4. The number of aromatic nitrogens is 8. The lowest BCUT2D eigenvalue weighted by molar-refractivity contribution is 0.989. The third-order valence-electron chi connectivity index (χ3n) is 21.3. The molecule has 0 amide bonds. The third-order valence-corrected chi connectivity index (χ3v) is 21.3. The molecule has 18 rings (SSSR count). The predicted molar refractivity (Wildman–Crippen MR) is 429 cm³/mol. The SMILES string of the molecule is Cc1ccc2c(c1)c1cc(C)ccc1n2-c1cccc(-c2ccc(-n3c4ccc(C)cc4c4cc(C)ccc43)c(-c3nc(C)c(C)c(C)n3)c2)c1.Cc1ccc2c(c1)c1cc(C)ccc1n2-c1cccc(-c2ccc(-n3c4ccc(C)cc4c4cc(C)ccc43)c(-c3nc(C)nc(C)c3C)c2)c1. The zero-order chi connectivity index (χ0) is 70.3. The molecule has 102 heavy (non-hydrogen) atoms. The summed E-state index contributed by atoms with van der Waals surface area (Å²) < 4.78 is 9.63. The Kier molecular flexibility index (Phi) is 15.2. The fourth-order valence-corrected chi connectivity index (χ4v) is 15.8. The van der Waals surface area contributed by atoms with Gasteiger partial charge in [-0.15, -0.1) is 0 Å². The molecule has 0 spiro atoms. The van der Waals surface area contributed by atoms with Gasteiger partial charge in [0.05, 0.1) is 61.2 Å². The van der Waals surface area contributed by atoms with E-state index >= 15 is 0 Å². The fraction of sp³-hybridized carbons (Fsp3) is 0.149. The van der Waals surface area contributed by atoms with Crippen LogP contribution in [-0.2, 0) is 0 Å². The third kappa shape index (κ3) is 10.7. The Morgan fingerprint density at radius 2 is 0.510 bits per heavy atom. The Morgan fingerprint density at radius 3 is 0.843 bits per heavy atom. The van der Waals surface area contributed by atoms with E-state index in [4.69, 9.17) is 19.9 Å². The fourth-order valence-electron chi connectivity index (χ4n) is 15.8. The molecule has 0 aliphatic rings. The molecule has 0 atom stereocenters. The second-order valence-electron chi connectivity index (χ2n) is 28.7. The summed E-state index contributed by atoms with van der Waals surface area (Å²) in [5.74, 6) is 1.52. The lowest BCUT2D eigenvalue weighted by Crippen LogP contribution is -2.04. The van der Waals surface area contributed by atoms with Crippen molar-refractivity contribution in [1.29, 1.82) is 0 Å². The van der Waals surface area contributed by atoms with Crippen molar-refractivity contribution >= 4 is 87.2 Å². The van der Waals surface area contributed by atoms with Gasteiger partial charge >= 0.3 is 0 Å². The number of fused-ring (bicyclic) bond motifs is 12. The van der Waals surface area contributed by atoms with Gasteiger partial charge in [0.2, 0.25) is 0 Å². The minimum Gasteiger partial charge on any atom is -0.309 e. The molecule has 0 N–H and O–H groups in total. The number of benzene rings is 12. The van der Waals surface area contributed by atoms with E-state index in [0.717, 1.165) is 102 Å². The van der Waals surface area contributed by atoms with E-state index in [1.807, 2.05) is 6.92 Å². The van der Waals surface area contributed by atoms with Crippen LogP contribution in [0.15, 0.2) is 231 Å². The highest BCUT2D eigenvalue weighted by Crippen LogP contribution is 2.44. The summed E-state index contributed by atoms with van der Waals surface area (Å²) in [6, 6.07) is 85.8. The van der Waals surface area contributed by atoms with Crippen LogP contribution in [0, 0.1) is 96.9 Å². The van der Waals surface area contributed by atoms with Gasteiger partial charge in [-0.3, -0.25) is 0 Å². The quantitative estimate of drug-likeness (QED) is 0.152. The Hall–Kier alpha value is -12.0. The number of hydrogen-bond donors (Lipinski definition) is 0. The lowest BCUT2D eigenvalue weighted by atomic mass is 9.97. The van der Waals surface area contributed by atoms with E-state index in [1.165, 1.54) is 132 Å². The van der Waals surface area contributed by atoms with Gasteiger partial charge in [-0.05, 0) is 276 Å². The van der Waals surface area contributed by atoms with Crippen molar-refractivity contribution < 1.29 is 0 Å². The first-order chi connectivity index (χ1) is 49.3. The molecule has 0 saturated heterocycles. The minimum atomic E-state index is 0.742. The van der Waals surface area contributed by atoms with Crippen molar-refractivity contribution in [3.8, 4) is 67.6 Å². The maximum Gasteiger partial charge on any atom is 0.161 e. The molecule has 0 unspecified atom stereocenters. The molecule has 0 saturated carbocycles. The Morgan fingerprint density at radius 1 is 0.225 bits per heavy atom. The van der Waals surface area contributed by atoms with Gasteiger partial charge in [0, 0.05) is 82.7 Å². The maximum absolute atomic E-state index is 5.11. The van der Waals surface area contributed by atoms with Crippen LogP contribution in [-0.4, -0.2) is 38.2 Å². The number of hydrogen-bond acceptors (Lipinski definition) is 4. The van der Waals surface area contributed by atoms with Gasteiger partial charge in [0.25, 0.3) is 0 Å². The zero-order valence-electron chi connectivity index (χ0n) is 60.5. The van der Waals surface area contributed by atoms with Crippen molar-refractivity contribution in [2.24, 2.45) is 0 Å². The van der Waals surface area contributed by atoms with Crippen molar-refractivity contribution in [1.82, 2.24) is 38.2 Å². The van der Waals surface area contributed by atoms with Crippen LogP contribution >= 0.6 is 0 Å². The first-order valence-corrected chi connectivity index (χ1v) is 35.5. The highest BCUT2D eigenvalue weighted by atomic mass is 15.0. The van der Waals surface area contributed by atoms with Crippen molar-refractivity contribution in [3.05, 3.63) is 309 Å². The molecule has 0 fully saturated rings. The topological polar surface area (TPSA) is 71.3 Å². The molecule has 12 aromatic carbocycles. The Labute approximate surface area is 595 Å². The maximum atomic E-state index is 5.11. The van der Waals surface area contributed by atoms with Crippen LogP contribution in [0.3, 0.4) is 0 Å². The Balaban J connectivity index is 0.000000152. The van der Waals surface area contributed by atoms with Gasteiger partial charge in [-0.2, -0.15) is 0 Å². The van der Waals surface area contributed by atoms with E-state index in [1.54, 1.807) is 0 Å². The van der Waals surface area contributed by atoms with Crippen LogP contribution in [0.5, 0.6) is 0 Å². The van der Waals surface area contributed by atoms with Crippen molar-refractivity contribution in [3.63, 3.8) is 0 Å². The lowest BCUT2D eigenvalue weighted by Gasteiger charge is -2.18. The normalized spacial score (nSPS) is 11.8. The van der Waals surface area contributed by atoms with Crippen LogP contribution in [0.1, 0.15) is 78.5 Å². The van der Waals surface area contributed by atoms with Crippen molar-refractivity contribution in [2.75, 3.05) is 0 Å². The summed E-state index contributed by atoms with van der Waals surface area (Å²) in [4.78, 5) is 20.1. The summed E-state index contributed by atoms with van der Waals surface area (Å²) in [5, 5.41) is 10.2. The molecule has 6 aromatic heterocycles. The van der Waals surface area contributed by atoms with Gasteiger partial charge < -0.3 is 18.3 Å². The molecule has 0 aliphatic heterocycles. The number of rotatable bonds is 8. The number of nitrogens with zero attached hydrogens (tertiary/aromatic N) is 8. The molecule has 0 radical (unpaired) electrons. The summed E-state index contributed by atoms with van der Waals surface area (Å²) in [6.45, 7) is 29.8. The van der Waals surface area contributed by atoms with Crippen LogP contribution in [0.25, 0.3) is 155 Å². The van der Waals surface area contributed by atoms with Gasteiger partial charge in [0.1, 0.15) is 5.82 Å². The van der Waals surface area contributed by atoms with E-state index in [-0.39, 0.29) is 0 Å². The average molecular weight is 1320 g/mol. The molecule has 8 nitrogen and oxygen atoms in total. The minimum absolute atomic E-state index is 0.742. The van der Waals surface area contributed by atoms with Crippen LogP contribution in [0.2, 0.25) is 0 Å². The Bertz CT molecular complexity index is 6300. The highest BCUT2D eigenvalue weighted by Gasteiger charge is 2.24. The number of aryl methyl sites for hydroxylation is 12. The molecule has 8 heteroatoms. The van der Waals surface area contributed by atoms with Crippen LogP contribution < -0.4 is 0 Å². The predicted octanol–water partition coefficient (Wildman–Crippen LogP) is 24.3. The second kappa shape index (κ2) is 24.4. The van der Waals surface area contributed by atoms with E-state index < -0.39 is 0 Å². The summed E-state index contributed by atoms with van der Waals surface area (Å²) >= 11 is 0. The van der Waals surface area contributed by atoms with Gasteiger partial charge in [-0.1, -0.05) is 129 Å². The van der Waals surface area contributed by atoms with E-state index in [2.05, 4.69) is 339 Å². The molecule has 0 aliphatic carbocycles. The molecule has 0 bridgehead atoms. The standard InChI is InChI=1S/2C47H40N4/c1-27-11-16-42-37(21-27)38-22-28(2)12-17-43(38)50(42)36-10-8-9-34(25-36)35-15-20-46(41(26-35)47-31(5)32(6)48-33(7)49-47)51-44-18-13-29(3)23-39(44)40-24-30(4)14-19-45(40)51;1-27-11-16-42-37(21-27)38-22-28(2)12-17-43(38)50(42)36-10-8-9-34(25-36)35-15-20-46(41(26-35)47-48-32(6)31(5)33(7)49-47)51-44-18-13-29(3)23-39(44)40-24-30(4)14-19-45(40)51/h2*8-26H,1-7H3. The highest BCUT2D eigenvalue weighted by molar-refractivity contribution is 6.13. The van der Waals surface area contributed by atoms with E-state index in [0.29, 0.717) is 0 Å². The summed E-state index contributed by atoms with van der Waals surface area (Å²) in [6.07, 6.45) is 0. The zero-order valence-corrected chi connectivity index (χ0v) is 60.5. The summed E-state index contributed by atoms with van der Waals surface area (Å²) in [5.41, 5.74) is 37.0.